The first-order chi connectivity index (χ1) is 12.4. The van der Waals surface area contributed by atoms with E-state index in [-0.39, 0.29) is 23.1 Å². The van der Waals surface area contributed by atoms with Gasteiger partial charge in [0.15, 0.2) is 11.9 Å². The van der Waals surface area contributed by atoms with Crippen LogP contribution in [0.15, 0.2) is 17.1 Å². The third kappa shape index (κ3) is 3.68. The number of likely N-dealkylation sites (N-methyl/N-ethyl adjacent to an activating group) is 1. The van der Waals surface area contributed by atoms with Gasteiger partial charge < -0.3 is 14.4 Å². The monoisotopic (exact) mass is 400 g/mol. The Morgan fingerprint density at radius 2 is 2.27 bits per heavy atom. The molecule has 1 aromatic heterocycles. The second-order valence-corrected chi connectivity index (χ2v) is 6.83. The maximum atomic E-state index is 14.3. The number of fused-ring (bicyclic) bond motifs is 1. The van der Waals surface area contributed by atoms with Crippen LogP contribution in [0.4, 0.5) is 16.0 Å². The van der Waals surface area contributed by atoms with Gasteiger partial charge in [-0.2, -0.15) is 4.37 Å². The summed E-state index contributed by atoms with van der Waals surface area (Å²) in [6.07, 6.45) is -0.874. The van der Waals surface area contributed by atoms with Crippen molar-refractivity contribution in [1.82, 2.24) is 8.94 Å². The summed E-state index contributed by atoms with van der Waals surface area (Å²) in [5, 5.41) is 0.0551. The molecule has 1 aliphatic heterocycles. The molecule has 3 rings (SSSR count). The Bertz CT molecular complexity index is 898. The standard InChI is InChI=1S/C16H18ClFN4O3S/c1-4-24-14(23)9(2)25-13-8-12(11(18)7-10(13)17)19-16-22-6-5-21(3)15(22)20-26-16/h7-9H,4-6H2,1-3H3. The van der Waals surface area contributed by atoms with Crippen molar-refractivity contribution in [3.8, 4) is 5.75 Å². The average Bonchev–Trinajstić information content (AvgIpc) is 3.16. The van der Waals surface area contributed by atoms with Crippen molar-refractivity contribution in [3.05, 3.63) is 27.8 Å². The van der Waals surface area contributed by atoms with Crippen LogP contribution in [0.5, 0.6) is 5.75 Å². The average molecular weight is 401 g/mol. The number of benzene rings is 1. The van der Waals surface area contributed by atoms with Crippen molar-refractivity contribution in [2.24, 2.45) is 4.99 Å². The molecule has 1 unspecified atom stereocenters. The largest absolute Gasteiger partial charge is 0.477 e. The Labute approximate surface area is 158 Å². The molecule has 2 aromatic rings. The maximum absolute atomic E-state index is 14.3. The fraction of sp³-hybridized carbons (Fsp3) is 0.438. The van der Waals surface area contributed by atoms with Gasteiger partial charge in [0.1, 0.15) is 11.4 Å². The Morgan fingerprint density at radius 1 is 1.50 bits per heavy atom. The molecule has 0 N–H and O–H groups in total. The lowest BCUT2D eigenvalue weighted by Gasteiger charge is -2.15. The summed E-state index contributed by atoms with van der Waals surface area (Å²) in [6.45, 7) is 5.05. The van der Waals surface area contributed by atoms with Crippen molar-refractivity contribution in [3.63, 3.8) is 0 Å². The Kier molecular flexibility index (Phi) is 5.47. The lowest BCUT2D eigenvalue weighted by Crippen LogP contribution is -2.26. The van der Waals surface area contributed by atoms with E-state index in [0.717, 1.165) is 25.1 Å². The Balaban J connectivity index is 1.93. The molecular formula is C16H18ClFN4O3S. The number of hydrogen-bond donors (Lipinski definition) is 0. The van der Waals surface area contributed by atoms with Crippen LogP contribution in [0.3, 0.4) is 0 Å². The second kappa shape index (κ2) is 7.63. The lowest BCUT2D eigenvalue weighted by molar-refractivity contribution is -0.150. The van der Waals surface area contributed by atoms with Gasteiger partial charge in [-0.1, -0.05) is 11.6 Å². The number of anilines is 1. The molecule has 7 nitrogen and oxygen atoms in total. The van der Waals surface area contributed by atoms with E-state index in [0.29, 0.717) is 4.80 Å². The molecule has 1 aliphatic rings. The molecule has 140 valence electrons. The van der Waals surface area contributed by atoms with E-state index in [2.05, 4.69) is 9.37 Å². The lowest BCUT2D eigenvalue weighted by atomic mass is 10.3. The zero-order chi connectivity index (χ0) is 18.8. The fourth-order valence-corrected chi connectivity index (χ4v) is 3.47. The summed E-state index contributed by atoms with van der Waals surface area (Å²) in [6, 6.07) is 2.49. The molecule has 26 heavy (non-hydrogen) atoms. The Hall–Kier alpha value is -2.13. The number of esters is 1. The van der Waals surface area contributed by atoms with Gasteiger partial charge in [-0.15, -0.1) is 0 Å². The fourth-order valence-electron chi connectivity index (χ4n) is 2.46. The van der Waals surface area contributed by atoms with E-state index in [1.807, 2.05) is 16.5 Å². The third-order valence-electron chi connectivity index (χ3n) is 3.82. The van der Waals surface area contributed by atoms with E-state index in [1.54, 1.807) is 6.92 Å². The zero-order valence-electron chi connectivity index (χ0n) is 14.5. The van der Waals surface area contributed by atoms with Gasteiger partial charge in [-0.05, 0) is 19.9 Å². The SMILES string of the molecule is CCOC(=O)C(C)Oc1cc(N=c2snc3n2CCN3C)c(F)cc1Cl. The number of nitrogens with zero attached hydrogens (tertiary/aromatic N) is 4. The summed E-state index contributed by atoms with van der Waals surface area (Å²) in [5.74, 6) is -0.142. The number of hydrogen-bond acceptors (Lipinski definition) is 7. The summed E-state index contributed by atoms with van der Waals surface area (Å²) >= 11 is 7.23. The van der Waals surface area contributed by atoms with E-state index >= 15 is 0 Å². The van der Waals surface area contributed by atoms with Gasteiger partial charge in [0.05, 0.1) is 11.6 Å². The number of halogens is 2. The topological polar surface area (TPSA) is 69.0 Å². The van der Waals surface area contributed by atoms with Crippen molar-refractivity contribution in [2.45, 2.75) is 26.5 Å². The van der Waals surface area contributed by atoms with Gasteiger partial charge in [0, 0.05) is 37.7 Å². The van der Waals surface area contributed by atoms with Crippen LogP contribution in [-0.4, -0.2) is 41.2 Å². The molecule has 2 heterocycles. The van der Waals surface area contributed by atoms with E-state index in [9.17, 15) is 9.18 Å². The highest BCUT2D eigenvalue weighted by atomic mass is 35.5. The van der Waals surface area contributed by atoms with Crippen LogP contribution in [-0.2, 0) is 16.1 Å². The first-order valence-corrected chi connectivity index (χ1v) is 9.20. The molecule has 1 aromatic carbocycles. The molecule has 0 aliphatic carbocycles. The predicted molar refractivity (Wildman–Crippen MR) is 96.7 cm³/mol. The summed E-state index contributed by atoms with van der Waals surface area (Å²) in [5.41, 5.74) is 0.0639. The first-order valence-electron chi connectivity index (χ1n) is 8.05. The molecule has 1 atom stereocenters. The second-order valence-electron chi connectivity index (χ2n) is 5.70. The highest BCUT2D eigenvalue weighted by Crippen LogP contribution is 2.33. The van der Waals surface area contributed by atoms with Crippen LogP contribution in [0, 0.1) is 5.82 Å². The zero-order valence-corrected chi connectivity index (χ0v) is 16.1. The normalized spacial score (nSPS) is 15.1. The molecule has 0 spiro atoms. The summed E-state index contributed by atoms with van der Waals surface area (Å²) < 4.78 is 31.0. The molecule has 0 saturated carbocycles. The van der Waals surface area contributed by atoms with E-state index in [4.69, 9.17) is 21.1 Å². The van der Waals surface area contributed by atoms with Gasteiger partial charge >= 0.3 is 5.97 Å². The Morgan fingerprint density at radius 3 is 3.00 bits per heavy atom. The number of carbonyl (C=O) groups is 1. The van der Waals surface area contributed by atoms with E-state index in [1.165, 1.54) is 24.5 Å². The van der Waals surface area contributed by atoms with Gasteiger partial charge in [-0.25, -0.2) is 14.2 Å². The van der Waals surface area contributed by atoms with E-state index < -0.39 is 17.9 Å². The van der Waals surface area contributed by atoms with Crippen molar-refractivity contribution in [2.75, 3.05) is 25.1 Å². The quantitative estimate of drug-likeness (QED) is 0.722. The molecule has 0 bridgehead atoms. The number of rotatable bonds is 5. The van der Waals surface area contributed by atoms with Crippen molar-refractivity contribution in [1.29, 1.82) is 0 Å². The summed E-state index contributed by atoms with van der Waals surface area (Å²) in [7, 11) is 1.94. The van der Waals surface area contributed by atoms with Crippen LogP contribution >= 0.6 is 23.1 Å². The van der Waals surface area contributed by atoms with Crippen LogP contribution in [0.2, 0.25) is 5.02 Å². The first kappa shape index (κ1) is 18.7. The van der Waals surface area contributed by atoms with Crippen LogP contribution < -0.4 is 14.4 Å². The predicted octanol–water partition coefficient (Wildman–Crippen LogP) is 2.75. The minimum atomic E-state index is -0.874. The molecule has 0 radical (unpaired) electrons. The molecule has 0 saturated heterocycles. The van der Waals surface area contributed by atoms with Gasteiger partial charge in [0.2, 0.25) is 10.7 Å². The maximum Gasteiger partial charge on any atom is 0.347 e. The van der Waals surface area contributed by atoms with Crippen molar-refractivity contribution < 1.29 is 18.7 Å². The number of aromatic nitrogens is 2. The third-order valence-corrected chi connectivity index (χ3v) is 4.85. The van der Waals surface area contributed by atoms with Crippen molar-refractivity contribution >= 4 is 40.7 Å². The highest BCUT2D eigenvalue weighted by Gasteiger charge is 2.21. The molecule has 0 amide bonds. The minimum absolute atomic E-state index is 0.0551. The number of ether oxygens (including phenoxy) is 2. The molecule has 10 heteroatoms. The van der Waals surface area contributed by atoms with Crippen LogP contribution in [0.1, 0.15) is 13.8 Å². The molecule has 0 fully saturated rings. The smallest absolute Gasteiger partial charge is 0.347 e. The van der Waals surface area contributed by atoms with Gasteiger partial charge in [-0.3, -0.25) is 4.57 Å². The molecular weight excluding hydrogens is 383 g/mol. The number of carbonyl (C=O) groups excluding carboxylic acids is 1. The van der Waals surface area contributed by atoms with Crippen LogP contribution in [0.25, 0.3) is 0 Å². The minimum Gasteiger partial charge on any atom is -0.477 e. The van der Waals surface area contributed by atoms with Gasteiger partial charge in [0.25, 0.3) is 0 Å². The summed E-state index contributed by atoms with van der Waals surface area (Å²) in [4.78, 5) is 18.7. The highest BCUT2D eigenvalue weighted by molar-refractivity contribution is 7.03.